The summed E-state index contributed by atoms with van der Waals surface area (Å²) in [5.41, 5.74) is 1.95. The van der Waals surface area contributed by atoms with Crippen LogP contribution in [0.1, 0.15) is 25.3 Å². The zero-order chi connectivity index (χ0) is 16.5. The fourth-order valence-corrected chi connectivity index (χ4v) is 4.52. The predicted molar refractivity (Wildman–Crippen MR) is 88.7 cm³/mol. The van der Waals surface area contributed by atoms with Crippen LogP contribution >= 0.6 is 0 Å². The number of hydrogen-bond donors (Lipinski definition) is 1. The van der Waals surface area contributed by atoms with Crippen LogP contribution in [0.3, 0.4) is 0 Å². The minimum absolute atomic E-state index is 0.0160. The second-order valence-electron chi connectivity index (χ2n) is 6.35. The van der Waals surface area contributed by atoms with E-state index in [4.69, 9.17) is 0 Å². The van der Waals surface area contributed by atoms with Crippen molar-refractivity contribution in [2.45, 2.75) is 37.7 Å². The molecule has 1 aromatic rings. The molecule has 22 heavy (non-hydrogen) atoms. The summed E-state index contributed by atoms with van der Waals surface area (Å²) >= 11 is 0. The summed E-state index contributed by atoms with van der Waals surface area (Å²) in [6, 6.07) is 5.25. The van der Waals surface area contributed by atoms with Gasteiger partial charge in [0.1, 0.15) is 0 Å². The summed E-state index contributed by atoms with van der Waals surface area (Å²) in [7, 11) is 0.306. The number of benzene rings is 1. The van der Waals surface area contributed by atoms with Crippen LogP contribution < -0.4 is 4.90 Å². The van der Waals surface area contributed by atoms with Crippen LogP contribution in [-0.2, 0) is 10.0 Å². The highest BCUT2D eigenvalue weighted by Gasteiger charge is 2.32. The molecule has 0 saturated carbocycles. The topological polar surface area (TPSA) is 60.9 Å². The first-order chi connectivity index (χ1) is 10.2. The van der Waals surface area contributed by atoms with E-state index >= 15 is 0 Å². The molecule has 0 amide bonds. The van der Waals surface area contributed by atoms with Crippen molar-refractivity contribution in [3.63, 3.8) is 0 Å². The van der Waals surface area contributed by atoms with Crippen molar-refractivity contribution >= 4 is 15.7 Å². The Bertz CT molecular complexity index is 626. The summed E-state index contributed by atoms with van der Waals surface area (Å²) < 4.78 is 27.2. The minimum atomic E-state index is -3.51. The molecule has 2 atom stereocenters. The molecule has 1 aromatic carbocycles. The van der Waals surface area contributed by atoms with Crippen LogP contribution in [0.4, 0.5) is 5.69 Å². The van der Waals surface area contributed by atoms with E-state index in [2.05, 4.69) is 0 Å². The van der Waals surface area contributed by atoms with Gasteiger partial charge in [-0.2, -0.15) is 4.31 Å². The molecule has 0 spiro atoms. The molecule has 0 aliphatic carbocycles. The molecule has 5 nitrogen and oxygen atoms in total. The van der Waals surface area contributed by atoms with Gasteiger partial charge in [0.25, 0.3) is 0 Å². The van der Waals surface area contributed by atoms with Crippen LogP contribution in [0, 0.1) is 12.8 Å². The number of anilines is 1. The molecule has 1 aliphatic rings. The molecule has 0 aromatic heterocycles. The van der Waals surface area contributed by atoms with Gasteiger partial charge in [0, 0.05) is 32.9 Å². The van der Waals surface area contributed by atoms with E-state index in [1.165, 1.54) is 4.31 Å². The first kappa shape index (κ1) is 17.2. The number of aliphatic hydroxyl groups excluding tert-OH is 1. The fraction of sp³-hybridized carbons (Fsp3) is 0.625. The van der Waals surface area contributed by atoms with Gasteiger partial charge >= 0.3 is 0 Å². The third kappa shape index (κ3) is 3.45. The van der Waals surface area contributed by atoms with E-state index in [-0.39, 0.29) is 5.92 Å². The second kappa shape index (κ2) is 6.56. The van der Waals surface area contributed by atoms with Gasteiger partial charge in [-0.1, -0.05) is 6.07 Å². The molecule has 1 aliphatic heterocycles. The first-order valence-corrected chi connectivity index (χ1v) is 9.13. The highest BCUT2D eigenvalue weighted by molar-refractivity contribution is 7.89. The average Bonchev–Trinajstić information content (AvgIpc) is 2.47. The fourth-order valence-electron chi connectivity index (χ4n) is 2.97. The van der Waals surface area contributed by atoms with Gasteiger partial charge in [-0.05, 0) is 50.3 Å². The number of aryl methyl sites for hydroxylation is 1. The Morgan fingerprint density at radius 2 is 2.05 bits per heavy atom. The molecule has 124 valence electrons. The lowest BCUT2D eigenvalue weighted by molar-refractivity contribution is 0.0885. The van der Waals surface area contributed by atoms with E-state index < -0.39 is 16.1 Å². The van der Waals surface area contributed by atoms with Crippen molar-refractivity contribution in [1.29, 1.82) is 0 Å². The lowest BCUT2D eigenvalue weighted by Crippen LogP contribution is -2.42. The molecule has 1 fully saturated rings. The summed E-state index contributed by atoms with van der Waals surface area (Å²) in [5, 5.41) is 9.76. The highest BCUT2D eigenvalue weighted by atomic mass is 32.2. The van der Waals surface area contributed by atoms with Crippen LogP contribution in [0.2, 0.25) is 0 Å². The van der Waals surface area contributed by atoms with Crippen LogP contribution in [-0.4, -0.2) is 51.1 Å². The van der Waals surface area contributed by atoms with Gasteiger partial charge in [0.05, 0.1) is 11.0 Å². The molecule has 1 heterocycles. The number of aliphatic hydroxyl groups is 1. The van der Waals surface area contributed by atoms with Crippen molar-refractivity contribution in [2.75, 3.05) is 32.1 Å². The van der Waals surface area contributed by atoms with E-state index in [0.29, 0.717) is 18.0 Å². The van der Waals surface area contributed by atoms with Crippen molar-refractivity contribution < 1.29 is 13.5 Å². The predicted octanol–water partition coefficient (Wildman–Crippen LogP) is 1.84. The van der Waals surface area contributed by atoms with Crippen molar-refractivity contribution in [3.8, 4) is 0 Å². The standard InChI is InChI=1S/C16H26N2O3S/c1-12-7-8-15(10-16(12)17(3)4)22(20,21)18-9-5-6-14(11-18)13(2)19/h7-8,10,13-14,19H,5-6,9,11H2,1-4H3. The van der Waals surface area contributed by atoms with Gasteiger partial charge < -0.3 is 10.0 Å². The second-order valence-corrected chi connectivity index (χ2v) is 8.29. The summed E-state index contributed by atoms with van der Waals surface area (Å²) in [4.78, 5) is 2.25. The molecule has 0 radical (unpaired) electrons. The number of hydrogen-bond acceptors (Lipinski definition) is 4. The summed E-state index contributed by atoms with van der Waals surface area (Å²) in [5.74, 6) is 0.0160. The largest absolute Gasteiger partial charge is 0.393 e. The minimum Gasteiger partial charge on any atom is -0.393 e. The summed E-state index contributed by atoms with van der Waals surface area (Å²) in [6.07, 6.45) is 1.19. The highest BCUT2D eigenvalue weighted by Crippen LogP contribution is 2.28. The van der Waals surface area contributed by atoms with Crippen molar-refractivity contribution in [1.82, 2.24) is 4.31 Å². The third-order valence-electron chi connectivity index (χ3n) is 4.40. The molecular weight excluding hydrogens is 300 g/mol. The maximum atomic E-state index is 12.9. The van der Waals surface area contributed by atoms with Gasteiger partial charge in [0.15, 0.2) is 0 Å². The number of sulfonamides is 1. The Labute approximate surface area is 133 Å². The van der Waals surface area contributed by atoms with Gasteiger partial charge in [-0.25, -0.2) is 8.42 Å². The van der Waals surface area contributed by atoms with Gasteiger partial charge in [-0.15, -0.1) is 0 Å². The molecule has 2 unspecified atom stereocenters. The Balaban J connectivity index is 2.32. The lowest BCUT2D eigenvalue weighted by Gasteiger charge is -2.33. The van der Waals surface area contributed by atoms with Crippen molar-refractivity contribution in [3.05, 3.63) is 23.8 Å². The molecule has 2 rings (SSSR count). The lowest BCUT2D eigenvalue weighted by atomic mass is 9.95. The number of rotatable bonds is 4. The van der Waals surface area contributed by atoms with Crippen molar-refractivity contribution in [2.24, 2.45) is 5.92 Å². The molecule has 0 bridgehead atoms. The molecule has 6 heteroatoms. The molecule has 1 saturated heterocycles. The maximum Gasteiger partial charge on any atom is 0.243 e. The van der Waals surface area contributed by atoms with E-state index in [9.17, 15) is 13.5 Å². The van der Waals surface area contributed by atoms with E-state index in [0.717, 1.165) is 24.1 Å². The summed E-state index contributed by atoms with van der Waals surface area (Å²) in [6.45, 7) is 4.62. The SMILES string of the molecule is Cc1ccc(S(=O)(=O)N2CCCC(C(C)O)C2)cc1N(C)C. The van der Waals surface area contributed by atoms with Crippen LogP contribution in [0.5, 0.6) is 0 Å². The zero-order valence-electron chi connectivity index (χ0n) is 13.8. The maximum absolute atomic E-state index is 12.9. The normalized spacial score (nSPS) is 21.6. The first-order valence-electron chi connectivity index (χ1n) is 7.69. The monoisotopic (exact) mass is 326 g/mol. The number of nitrogens with zero attached hydrogens (tertiary/aromatic N) is 2. The van der Waals surface area contributed by atoms with Crippen LogP contribution in [0.25, 0.3) is 0 Å². The Morgan fingerprint density at radius 1 is 1.36 bits per heavy atom. The third-order valence-corrected chi connectivity index (χ3v) is 6.26. The van der Waals surface area contributed by atoms with Crippen LogP contribution in [0.15, 0.2) is 23.1 Å². The van der Waals surface area contributed by atoms with Gasteiger partial charge in [0.2, 0.25) is 10.0 Å². The zero-order valence-corrected chi connectivity index (χ0v) is 14.6. The quantitative estimate of drug-likeness (QED) is 0.917. The Kier molecular flexibility index (Phi) is 5.14. The average molecular weight is 326 g/mol. The Hall–Kier alpha value is -1.11. The number of piperidine rings is 1. The smallest absolute Gasteiger partial charge is 0.243 e. The molecular formula is C16H26N2O3S. The van der Waals surface area contributed by atoms with Gasteiger partial charge in [-0.3, -0.25) is 0 Å². The molecule has 1 N–H and O–H groups in total. The van der Waals surface area contributed by atoms with E-state index in [1.807, 2.05) is 32.0 Å². The Morgan fingerprint density at radius 3 is 2.64 bits per heavy atom. The van der Waals surface area contributed by atoms with E-state index in [1.54, 1.807) is 19.1 Å².